The Labute approximate surface area is 160 Å². The number of pyridine rings is 1. The van der Waals surface area contributed by atoms with Gasteiger partial charge in [-0.25, -0.2) is 4.98 Å². The molecule has 3 aliphatic rings. The lowest BCUT2D eigenvalue weighted by molar-refractivity contribution is -0.231. The predicted octanol–water partition coefficient (Wildman–Crippen LogP) is 4.10. The number of fused-ring (bicyclic) bond motifs is 1. The summed E-state index contributed by atoms with van der Waals surface area (Å²) in [6, 6.07) is 13.1. The summed E-state index contributed by atoms with van der Waals surface area (Å²) in [5.74, 6) is 1.47. The third-order valence-electron chi connectivity index (χ3n) is 6.36. The van der Waals surface area contributed by atoms with Crippen molar-refractivity contribution in [1.82, 2.24) is 9.88 Å². The molecule has 0 unspecified atom stereocenters. The molecule has 2 aliphatic heterocycles. The topological polar surface area (TPSA) is 37.8 Å². The lowest BCUT2D eigenvalue weighted by Crippen LogP contribution is -2.54. The Morgan fingerprint density at radius 3 is 2.70 bits per heavy atom. The summed E-state index contributed by atoms with van der Waals surface area (Å²) in [6.07, 6.45) is 7.85. The highest BCUT2D eigenvalue weighted by Gasteiger charge is 2.42. The smallest absolute Gasteiger partial charge is 0.213 e. The molecule has 0 N–H and O–H groups in total. The number of ether oxygens (including phenoxy) is 2. The van der Waals surface area contributed by atoms with Gasteiger partial charge in [0.05, 0.1) is 6.61 Å². The van der Waals surface area contributed by atoms with Crippen LogP contribution in [-0.2, 0) is 11.3 Å². The van der Waals surface area contributed by atoms with E-state index in [0.717, 1.165) is 54.8 Å². The molecule has 142 valence electrons. The van der Waals surface area contributed by atoms with E-state index in [-0.39, 0.29) is 0 Å². The lowest BCUT2D eigenvalue weighted by atomic mass is 9.89. The second-order valence-corrected chi connectivity index (χ2v) is 7.96. The standard InChI is InChI=1S/C22H27N3O2/c1-24(21-7-2-3-12-23-21)19-8-9-20-17(15-19)16-26-22(27-20)10-13-25(14-11-22)18-5-4-6-18/h2-3,7-9,12,15,18H,4-6,10-11,13-14,16H2,1H3. The summed E-state index contributed by atoms with van der Waals surface area (Å²) in [7, 11) is 2.03. The summed E-state index contributed by atoms with van der Waals surface area (Å²) in [4.78, 5) is 9.14. The van der Waals surface area contributed by atoms with Gasteiger partial charge in [-0.05, 0) is 43.2 Å². The van der Waals surface area contributed by atoms with Crippen molar-refractivity contribution in [2.24, 2.45) is 0 Å². The van der Waals surface area contributed by atoms with Crippen LogP contribution >= 0.6 is 0 Å². The van der Waals surface area contributed by atoms with E-state index in [1.807, 2.05) is 31.4 Å². The van der Waals surface area contributed by atoms with Gasteiger partial charge in [-0.2, -0.15) is 0 Å². The van der Waals surface area contributed by atoms with E-state index >= 15 is 0 Å². The molecule has 0 amide bonds. The van der Waals surface area contributed by atoms with E-state index < -0.39 is 5.79 Å². The number of hydrogen-bond acceptors (Lipinski definition) is 5. The lowest BCUT2D eigenvalue weighted by Gasteiger charge is -2.47. The molecule has 0 radical (unpaired) electrons. The van der Waals surface area contributed by atoms with Gasteiger partial charge in [-0.1, -0.05) is 12.5 Å². The molecule has 2 aromatic rings. The van der Waals surface area contributed by atoms with E-state index in [9.17, 15) is 0 Å². The molecule has 1 spiro atoms. The molecule has 27 heavy (non-hydrogen) atoms. The van der Waals surface area contributed by atoms with E-state index in [2.05, 4.69) is 33.0 Å². The summed E-state index contributed by atoms with van der Waals surface area (Å²) in [5, 5.41) is 0. The number of rotatable bonds is 3. The maximum Gasteiger partial charge on any atom is 0.213 e. The Bertz CT molecular complexity index is 798. The van der Waals surface area contributed by atoms with Crippen molar-refractivity contribution in [2.45, 2.75) is 50.5 Å². The minimum Gasteiger partial charge on any atom is -0.462 e. The summed E-state index contributed by atoms with van der Waals surface area (Å²) < 4.78 is 12.7. The maximum atomic E-state index is 6.40. The van der Waals surface area contributed by atoms with Crippen LogP contribution in [0.1, 0.15) is 37.7 Å². The molecule has 0 bridgehead atoms. The van der Waals surface area contributed by atoms with Gasteiger partial charge in [0.25, 0.3) is 0 Å². The molecule has 1 aromatic heterocycles. The van der Waals surface area contributed by atoms with Gasteiger partial charge in [0.15, 0.2) is 0 Å². The third kappa shape index (κ3) is 3.19. The summed E-state index contributed by atoms with van der Waals surface area (Å²) in [6.45, 7) is 2.78. The molecule has 1 aliphatic carbocycles. The fourth-order valence-electron chi connectivity index (χ4n) is 4.34. The molecule has 5 heteroatoms. The zero-order valence-corrected chi connectivity index (χ0v) is 15.9. The van der Waals surface area contributed by atoms with Gasteiger partial charge in [0.1, 0.15) is 11.6 Å². The molecule has 5 rings (SSSR count). The predicted molar refractivity (Wildman–Crippen MR) is 105 cm³/mol. The Morgan fingerprint density at radius 1 is 1.15 bits per heavy atom. The number of hydrogen-bond donors (Lipinski definition) is 0. The zero-order chi connectivity index (χ0) is 18.3. The fraction of sp³-hybridized carbons (Fsp3) is 0.500. The molecular formula is C22H27N3O2. The minimum atomic E-state index is -0.429. The number of piperidine rings is 1. The van der Waals surface area contributed by atoms with Gasteiger partial charge in [-0.15, -0.1) is 0 Å². The second kappa shape index (κ2) is 6.80. The van der Waals surface area contributed by atoms with Crippen LogP contribution < -0.4 is 9.64 Å². The Hall–Kier alpha value is -2.11. The molecule has 5 nitrogen and oxygen atoms in total. The molecule has 1 saturated heterocycles. The highest BCUT2D eigenvalue weighted by Crippen LogP contribution is 2.40. The van der Waals surface area contributed by atoms with Gasteiger partial charge in [-0.3, -0.25) is 4.90 Å². The van der Waals surface area contributed by atoms with E-state index in [4.69, 9.17) is 9.47 Å². The highest BCUT2D eigenvalue weighted by molar-refractivity contribution is 5.61. The summed E-state index contributed by atoms with van der Waals surface area (Å²) in [5.41, 5.74) is 2.21. The second-order valence-electron chi connectivity index (χ2n) is 7.96. The van der Waals surface area contributed by atoms with Crippen molar-refractivity contribution in [3.63, 3.8) is 0 Å². The Kier molecular flexibility index (Phi) is 4.29. The van der Waals surface area contributed by atoms with Crippen LogP contribution in [0, 0.1) is 0 Å². The van der Waals surface area contributed by atoms with Crippen LogP contribution in [0.5, 0.6) is 5.75 Å². The van der Waals surface area contributed by atoms with Crippen LogP contribution in [0.4, 0.5) is 11.5 Å². The monoisotopic (exact) mass is 365 g/mol. The normalized spacial score (nSPS) is 22.0. The van der Waals surface area contributed by atoms with Crippen molar-refractivity contribution < 1.29 is 9.47 Å². The Morgan fingerprint density at radius 2 is 2.00 bits per heavy atom. The molecule has 2 fully saturated rings. The van der Waals surface area contributed by atoms with Crippen LogP contribution in [0.15, 0.2) is 42.6 Å². The van der Waals surface area contributed by atoms with Crippen molar-refractivity contribution in [3.8, 4) is 5.75 Å². The first-order valence-corrected chi connectivity index (χ1v) is 10.1. The average Bonchev–Trinajstić information content (AvgIpc) is 2.68. The van der Waals surface area contributed by atoms with Crippen molar-refractivity contribution in [1.29, 1.82) is 0 Å². The molecule has 3 heterocycles. The number of anilines is 2. The first-order valence-electron chi connectivity index (χ1n) is 10.1. The third-order valence-corrected chi connectivity index (χ3v) is 6.36. The number of benzene rings is 1. The van der Waals surface area contributed by atoms with Gasteiger partial charge >= 0.3 is 0 Å². The Balaban J connectivity index is 1.29. The quantitative estimate of drug-likeness (QED) is 0.819. The van der Waals surface area contributed by atoms with Gasteiger partial charge in [0, 0.05) is 56.5 Å². The van der Waals surface area contributed by atoms with Crippen LogP contribution in [0.3, 0.4) is 0 Å². The number of likely N-dealkylation sites (tertiary alicyclic amines) is 1. The minimum absolute atomic E-state index is 0.429. The first-order chi connectivity index (χ1) is 13.2. The average molecular weight is 365 g/mol. The SMILES string of the molecule is CN(c1ccc2c(c1)COC1(CCN(C3CCC3)CC1)O2)c1ccccn1. The van der Waals surface area contributed by atoms with E-state index in [0.29, 0.717) is 6.61 Å². The number of nitrogens with zero attached hydrogens (tertiary/aromatic N) is 3. The maximum absolute atomic E-state index is 6.40. The largest absolute Gasteiger partial charge is 0.462 e. The molecule has 1 saturated carbocycles. The van der Waals surface area contributed by atoms with Crippen molar-refractivity contribution >= 4 is 11.5 Å². The van der Waals surface area contributed by atoms with Crippen LogP contribution in [-0.4, -0.2) is 41.9 Å². The van der Waals surface area contributed by atoms with Crippen molar-refractivity contribution in [2.75, 3.05) is 25.0 Å². The molecule has 0 atom stereocenters. The van der Waals surface area contributed by atoms with E-state index in [1.54, 1.807) is 0 Å². The van der Waals surface area contributed by atoms with Gasteiger partial charge in [0.2, 0.25) is 5.79 Å². The molecular weight excluding hydrogens is 338 g/mol. The fourth-order valence-corrected chi connectivity index (χ4v) is 4.34. The van der Waals surface area contributed by atoms with Crippen molar-refractivity contribution in [3.05, 3.63) is 48.2 Å². The zero-order valence-electron chi connectivity index (χ0n) is 15.9. The van der Waals surface area contributed by atoms with Crippen LogP contribution in [0.2, 0.25) is 0 Å². The molecule has 1 aromatic carbocycles. The van der Waals surface area contributed by atoms with Gasteiger partial charge < -0.3 is 14.4 Å². The highest BCUT2D eigenvalue weighted by atomic mass is 16.7. The van der Waals surface area contributed by atoms with Crippen LogP contribution in [0.25, 0.3) is 0 Å². The first kappa shape index (κ1) is 17.0. The van der Waals surface area contributed by atoms with E-state index in [1.165, 1.54) is 19.3 Å². The summed E-state index contributed by atoms with van der Waals surface area (Å²) >= 11 is 0. The number of aromatic nitrogens is 1.